The van der Waals surface area contributed by atoms with E-state index in [1.54, 1.807) is 55.9 Å². The minimum Gasteiger partial charge on any atom is -0.493 e. The van der Waals surface area contributed by atoms with Gasteiger partial charge in [0.05, 0.1) is 55.3 Å². The Hall–Kier alpha value is -4.90. The average Bonchev–Trinajstić information content (AvgIpc) is 3.48. The largest absolute Gasteiger partial charge is 0.493 e. The summed E-state index contributed by atoms with van der Waals surface area (Å²) in [5.41, 5.74) is 5.19. The van der Waals surface area contributed by atoms with E-state index in [1.807, 2.05) is 38.1 Å². The van der Waals surface area contributed by atoms with Gasteiger partial charge in [0.15, 0.2) is 16.3 Å². The van der Waals surface area contributed by atoms with E-state index in [1.165, 1.54) is 25.6 Å². The first-order chi connectivity index (χ1) is 21.1. The smallest absolute Gasteiger partial charge is 0.338 e. The zero-order chi connectivity index (χ0) is 31.7. The lowest BCUT2D eigenvalue weighted by atomic mass is 9.95. The number of fused-ring (bicyclic) bond motifs is 1. The van der Waals surface area contributed by atoms with Crippen molar-refractivity contribution in [3.8, 4) is 17.2 Å². The van der Waals surface area contributed by atoms with Gasteiger partial charge < -0.3 is 23.5 Å². The molecule has 0 saturated carbocycles. The minimum absolute atomic E-state index is 0.180. The summed E-state index contributed by atoms with van der Waals surface area (Å²) < 4.78 is 25.2. The fourth-order valence-corrected chi connectivity index (χ4v) is 6.50. The van der Waals surface area contributed by atoms with Gasteiger partial charge in [0.1, 0.15) is 0 Å². The van der Waals surface area contributed by atoms with Crippen LogP contribution in [0.2, 0.25) is 0 Å². The number of nitrogens with zero attached hydrogens (tertiary/aromatic N) is 3. The van der Waals surface area contributed by atoms with Crippen LogP contribution in [0.1, 0.15) is 52.8 Å². The number of methoxy groups -OCH3 is 3. The molecular formula is C33H33N3O7S. The van der Waals surface area contributed by atoms with Crippen LogP contribution in [0.4, 0.5) is 0 Å². The van der Waals surface area contributed by atoms with E-state index in [2.05, 4.69) is 9.56 Å². The molecule has 0 fully saturated rings. The predicted octanol–water partition coefficient (Wildman–Crippen LogP) is 4.01. The molecule has 0 bridgehead atoms. The van der Waals surface area contributed by atoms with Crippen molar-refractivity contribution < 1.29 is 28.5 Å². The number of carbonyl (C=O) groups excluding carboxylic acids is 2. The second-order valence-electron chi connectivity index (χ2n) is 10.1. The molecule has 0 radical (unpaired) electrons. The lowest BCUT2D eigenvalue weighted by Crippen LogP contribution is -2.40. The molecule has 1 atom stereocenters. The van der Waals surface area contributed by atoms with Crippen LogP contribution in [-0.2, 0) is 14.3 Å². The molecule has 10 nitrogen and oxygen atoms in total. The molecular weight excluding hydrogens is 582 g/mol. The van der Waals surface area contributed by atoms with E-state index in [-0.39, 0.29) is 17.7 Å². The Kier molecular flexibility index (Phi) is 8.59. The summed E-state index contributed by atoms with van der Waals surface area (Å²) in [5.74, 6) is 0.0558. The molecule has 2 aromatic carbocycles. The van der Waals surface area contributed by atoms with E-state index >= 15 is 0 Å². The van der Waals surface area contributed by atoms with Crippen molar-refractivity contribution in [1.82, 2.24) is 9.13 Å². The van der Waals surface area contributed by atoms with Crippen molar-refractivity contribution in [2.75, 3.05) is 27.9 Å². The zero-order valence-electron chi connectivity index (χ0n) is 25.6. The molecule has 0 amide bonds. The van der Waals surface area contributed by atoms with Crippen molar-refractivity contribution in [1.29, 1.82) is 0 Å². The summed E-state index contributed by atoms with van der Waals surface area (Å²) in [5, 5.41) is 0. The molecule has 2 aromatic heterocycles. The lowest BCUT2D eigenvalue weighted by molar-refractivity contribution is -0.139. The van der Waals surface area contributed by atoms with Crippen molar-refractivity contribution >= 4 is 29.4 Å². The Bertz CT molecular complexity index is 1980. The normalized spacial score (nSPS) is 14.6. The van der Waals surface area contributed by atoms with Crippen LogP contribution in [0, 0.1) is 13.8 Å². The zero-order valence-corrected chi connectivity index (χ0v) is 26.4. The van der Waals surface area contributed by atoms with Gasteiger partial charge in [0, 0.05) is 17.1 Å². The first kappa shape index (κ1) is 30.6. The maximum Gasteiger partial charge on any atom is 0.338 e. The van der Waals surface area contributed by atoms with Crippen LogP contribution in [0.25, 0.3) is 11.8 Å². The monoisotopic (exact) mass is 615 g/mol. The number of rotatable bonds is 8. The fraction of sp³-hybridized carbons (Fsp3) is 0.273. The molecule has 0 unspecified atom stereocenters. The van der Waals surface area contributed by atoms with E-state index in [0.717, 1.165) is 22.6 Å². The summed E-state index contributed by atoms with van der Waals surface area (Å²) in [6, 6.07) is 13.7. The predicted molar refractivity (Wildman–Crippen MR) is 167 cm³/mol. The number of ether oxygens (including phenoxy) is 4. The van der Waals surface area contributed by atoms with Crippen molar-refractivity contribution in [2.24, 2.45) is 4.99 Å². The number of esters is 2. The van der Waals surface area contributed by atoms with Gasteiger partial charge in [0.2, 0.25) is 0 Å². The number of benzene rings is 2. The molecule has 3 heterocycles. The van der Waals surface area contributed by atoms with Crippen LogP contribution in [0.3, 0.4) is 0 Å². The molecule has 1 aliphatic rings. The second kappa shape index (κ2) is 12.4. The standard InChI is InChI=1S/C33H33N3O7S/c1-8-43-32(39)28-19(3)34-33-36(29(28)22-11-14-25(40-5)26(16-22)41-6)30(37)27(44-33)17-23-15-18(2)35(20(23)4)24-12-9-21(10-13-24)31(38)42-7/h9-17,29H,8H2,1-7H3/b27-17+/t29-/m0/s1. The quantitative estimate of drug-likeness (QED) is 0.276. The first-order valence-corrected chi connectivity index (χ1v) is 14.7. The maximum atomic E-state index is 14.1. The number of aryl methyl sites for hydroxylation is 1. The van der Waals surface area contributed by atoms with Gasteiger partial charge in [-0.3, -0.25) is 9.36 Å². The van der Waals surface area contributed by atoms with Crippen LogP contribution < -0.4 is 24.4 Å². The minimum atomic E-state index is -0.784. The van der Waals surface area contributed by atoms with Gasteiger partial charge in [-0.15, -0.1) is 0 Å². The summed E-state index contributed by atoms with van der Waals surface area (Å²) in [6.07, 6.45) is 1.85. The average molecular weight is 616 g/mol. The van der Waals surface area contributed by atoms with E-state index in [0.29, 0.717) is 37.7 Å². The molecule has 0 spiro atoms. The number of aromatic nitrogens is 2. The first-order valence-electron chi connectivity index (χ1n) is 13.9. The third kappa shape index (κ3) is 5.35. The molecule has 44 heavy (non-hydrogen) atoms. The second-order valence-corrected chi connectivity index (χ2v) is 11.1. The van der Waals surface area contributed by atoms with Gasteiger partial charge in [-0.2, -0.15) is 0 Å². The molecule has 0 aliphatic carbocycles. The van der Waals surface area contributed by atoms with Crippen LogP contribution in [-0.4, -0.2) is 49.0 Å². The Morgan fingerprint density at radius 2 is 1.66 bits per heavy atom. The number of allylic oxidation sites excluding steroid dienone is 1. The van der Waals surface area contributed by atoms with Crippen molar-refractivity contribution in [3.05, 3.63) is 108 Å². The van der Waals surface area contributed by atoms with Gasteiger partial charge in [-0.1, -0.05) is 17.4 Å². The maximum absolute atomic E-state index is 14.1. The van der Waals surface area contributed by atoms with Gasteiger partial charge in [-0.25, -0.2) is 14.6 Å². The number of carbonyl (C=O) groups is 2. The highest BCUT2D eigenvalue weighted by molar-refractivity contribution is 7.07. The highest BCUT2D eigenvalue weighted by Crippen LogP contribution is 2.36. The Labute approximate surface area is 258 Å². The molecule has 0 N–H and O–H groups in total. The summed E-state index contributed by atoms with van der Waals surface area (Å²) in [4.78, 5) is 44.4. The summed E-state index contributed by atoms with van der Waals surface area (Å²) in [7, 11) is 4.43. The third-order valence-electron chi connectivity index (χ3n) is 7.54. The SMILES string of the molecule is CCOC(=O)C1=C(C)N=c2s/c(=C/c3cc(C)n(-c4ccc(C(=O)OC)cc4)c3C)c(=O)n2[C@H]1c1ccc(OC)c(OC)c1. The van der Waals surface area contributed by atoms with Gasteiger partial charge >= 0.3 is 11.9 Å². The Morgan fingerprint density at radius 1 is 0.955 bits per heavy atom. The van der Waals surface area contributed by atoms with Crippen LogP contribution in [0.5, 0.6) is 11.5 Å². The van der Waals surface area contributed by atoms with E-state index in [9.17, 15) is 14.4 Å². The molecule has 5 rings (SSSR count). The number of hydrogen-bond donors (Lipinski definition) is 0. The number of thiazole rings is 1. The third-order valence-corrected chi connectivity index (χ3v) is 8.53. The highest BCUT2D eigenvalue weighted by Gasteiger charge is 2.34. The molecule has 1 aliphatic heterocycles. The Morgan fingerprint density at radius 3 is 2.30 bits per heavy atom. The van der Waals surface area contributed by atoms with Gasteiger partial charge in [0.25, 0.3) is 5.56 Å². The van der Waals surface area contributed by atoms with Crippen molar-refractivity contribution in [3.63, 3.8) is 0 Å². The van der Waals surface area contributed by atoms with Crippen LogP contribution in [0.15, 0.2) is 69.6 Å². The Balaban J connectivity index is 1.66. The van der Waals surface area contributed by atoms with E-state index < -0.39 is 18.0 Å². The summed E-state index contributed by atoms with van der Waals surface area (Å²) in [6.45, 7) is 7.61. The van der Waals surface area contributed by atoms with Crippen molar-refractivity contribution in [2.45, 2.75) is 33.7 Å². The topological polar surface area (TPSA) is 110 Å². The summed E-state index contributed by atoms with van der Waals surface area (Å²) >= 11 is 1.26. The number of hydrogen-bond acceptors (Lipinski definition) is 9. The molecule has 0 saturated heterocycles. The van der Waals surface area contributed by atoms with E-state index in [4.69, 9.17) is 18.9 Å². The lowest BCUT2D eigenvalue weighted by Gasteiger charge is -2.25. The highest BCUT2D eigenvalue weighted by atomic mass is 32.1. The molecule has 11 heteroatoms. The van der Waals surface area contributed by atoms with Gasteiger partial charge in [-0.05, 0) is 87.4 Å². The molecule has 4 aromatic rings. The molecule has 228 valence electrons. The fourth-order valence-electron chi connectivity index (χ4n) is 5.47. The van der Waals surface area contributed by atoms with Crippen LogP contribution >= 0.6 is 11.3 Å².